The molecule has 0 aromatic heterocycles. The van der Waals surface area contributed by atoms with E-state index < -0.39 is 0 Å². The number of carbonyl (C=O) groups excluding carboxylic acids is 1. The van der Waals surface area contributed by atoms with Crippen molar-refractivity contribution in [3.05, 3.63) is 29.3 Å². The molecule has 20 heavy (non-hydrogen) atoms. The number of hydrogen-bond donors (Lipinski definition) is 2. The summed E-state index contributed by atoms with van der Waals surface area (Å²) in [5, 5.41) is 5.43. The molecule has 0 aliphatic carbocycles. The molecule has 0 aliphatic rings. The van der Waals surface area contributed by atoms with Crippen LogP contribution in [0.3, 0.4) is 0 Å². The number of benzene rings is 1. The monoisotopic (exact) mass is 278 g/mol. The first-order valence-corrected chi connectivity index (χ1v) is 7.10. The van der Waals surface area contributed by atoms with Gasteiger partial charge < -0.3 is 15.4 Å². The van der Waals surface area contributed by atoms with Crippen LogP contribution < -0.4 is 15.4 Å². The van der Waals surface area contributed by atoms with Crippen molar-refractivity contribution in [2.45, 2.75) is 46.5 Å². The Balaban J connectivity index is 2.62. The molecule has 1 rings (SSSR count). The maximum absolute atomic E-state index is 11.4. The zero-order chi connectivity index (χ0) is 15.2. The largest absolute Gasteiger partial charge is 0.473 e. The Morgan fingerprint density at radius 1 is 1.25 bits per heavy atom. The van der Waals surface area contributed by atoms with E-state index in [1.54, 1.807) is 0 Å². The molecule has 0 saturated carbocycles. The minimum absolute atomic E-state index is 0.00578. The van der Waals surface area contributed by atoms with E-state index in [2.05, 4.69) is 44.4 Å². The van der Waals surface area contributed by atoms with Gasteiger partial charge in [0.15, 0.2) is 6.73 Å². The second-order valence-corrected chi connectivity index (χ2v) is 5.97. The fourth-order valence-electron chi connectivity index (χ4n) is 1.84. The maximum Gasteiger partial charge on any atom is 0.317 e. The molecule has 2 N–H and O–H groups in total. The third kappa shape index (κ3) is 5.11. The fourth-order valence-corrected chi connectivity index (χ4v) is 1.84. The van der Waals surface area contributed by atoms with Gasteiger partial charge in [0, 0.05) is 6.54 Å². The van der Waals surface area contributed by atoms with E-state index in [0.717, 1.165) is 17.7 Å². The van der Waals surface area contributed by atoms with E-state index in [0.29, 0.717) is 6.54 Å². The number of urea groups is 1. The Hall–Kier alpha value is -1.71. The lowest BCUT2D eigenvalue weighted by Crippen LogP contribution is -2.38. The standard InChI is InChI=1S/C16H26N2O2/c1-6-9-17-15(19)18-11-20-14-8-7-12(2)10-13(14)16(3,4)5/h7-8,10H,6,9,11H2,1-5H3,(H2,17,18,19). The number of amides is 2. The topological polar surface area (TPSA) is 50.4 Å². The van der Waals surface area contributed by atoms with Crippen LogP contribution in [-0.2, 0) is 5.41 Å². The molecule has 0 spiro atoms. The molecule has 0 saturated heterocycles. The number of ether oxygens (including phenoxy) is 1. The van der Waals surface area contributed by atoms with Crippen LogP contribution in [0, 0.1) is 6.92 Å². The average molecular weight is 278 g/mol. The molecule has 0 radical (unpaired) electrons. The first-order chi connectivity index (χ1) is 9.34. The van der Waals surface area contributed by atoms with Crippen molar-refractivity contribution < 1.29 is 9.53 Å². The van der Waals surface area contributed by atoms with E-state index in [-0.39, 0.29) is 18.2 Å². The summed E-state index contributed by atoms with van der Waals surface area (Å²) in [4.78, 5) is 11.4. The number of nitrogens with one attached hydrogen (secondary N) is 2. The molecule has 4 heteroatoms. The van der Waals surface area contributed by atoms with Crippen LogP contribution in [0.25, 0.3) is 0 Å². The van der Waals surface area contributed by atoms with Gasteiger partial charge in [0.2, 0.25) is 0 Å². The highest BCUT2D eigenvalue weighted by Crippen LogP contribution is 2.31. The Morgan fingerprint density at radius 3 is 2.55 bits per heavy atom. The van der Waals surface area contributed by atoms with Crippen LogP contribution in [0.2, 0.25) is 0 Å². The predicted molar refractivity (Wildman–Crippen MR) is 82.2 cm³/mol. The molecule has 0 atom stereocenters. The summed E-state index contributed by atoms with van der Waals surface area (Å²) in [6, 6.07) is 5.91. The van der Waals surface area contributed by atoms with Crippen LogP contribution >= 0.6 is 0 Å². The van der Waals surface area contributed by atoms with Crippen molar-refractivity contribution in [3.8, 4) is 5.75 Å². The lowest BCUT2D eigenvalue weighted by molar-refractivity contribution is 0.223. The molecule has 112 valence electrons. The highest BCUT2D eigenvalue weighted by atomic mass is 16.5. The minimum atomic E-state index is -0.198. The average Bonchev–Trinajstić information content (AvgIpc) is 2.37. The van der Waals surface area contributed by atoms with Gasteiger partial charge >= 0.3 is 6.03 Å². The molecule has 0 unspecified atom stereocenters. The summed E-state index contributed by atoms with van der Waals surface area (Å²) in [7, 11) is 0. The zero-order valence-electron chi connectivity index (χ0n) is 13.2. The van der Waals surface area contributed by atoms with Gasteiger partial charge in [-0.3, -0.25) is 0 Å². The Kier molecular flexibility index (Phi) is 5.86. The molecule has 1 aromatic rings. The Morgan fingerprint density at radius 2 is 1.95 bits per heavy atom. The highest BCUT2D eigenvalue weighted by Gasteiger charge is 2.19. The fraction of sp³-hybridized carbons (Fsp3) is 0.562. The Labute approximate surface area is 121 Å². The lowest BCUT2D eigenvalue weighted by Gasteiger charge is -2.23. The molecule has 1 aromatic carbocycles. The van der Waals surface area contributed by atoms with Crippen LogP contribution in [0.1, 0.15) is 45.2 Å². The van der Waals surface area contributed by atoms with Crippen molar-refractivity contribution in [1.82, 2.24) is 10.6 Å². The molecular weight excluding hydrogens is 252 g/mol. The van der Waals surface area contributed by atoms with E-state index in [4.69, 9.17) is 4.74 Å². The van der Waals surface area contributed by atoms with Crippen molar-refractivity contribution in [1.29, 1.82) is 0 Å². The summed E-state index contributed by atoms with van der Waals surface area (Å²) in [6.07, 6.45) is 0.917. The van der Waals surface area contributed by atoms with Crippen LogP contribution in [0.15, 0.2) is 18.2 Å². The molecular formula is C16H26N2O2. The third-order valence-electron chi connectivity index (χ3n) is 2.94. The molecule has 4 nitrogen and oxygen atoms in total. The van der Waals surface area contributed by atoms with E-state index >= 15 is 0 Å². The van der Waals surface area contributed by atoms with Gasteiger partial charge in [-0.05, 0) is 30.4 Å². The first-order valence-electron chi connectivity index (χ1n) is 7.10. The smallest absolute Gasteiger partial charge is 0.317 e. The first kappa shape index (κ1) is 16.3. The third-order valence-corrected chi connectivity index (χ3v) is 2.94. The van der Waals surface area contributed by atoms with Gasteiger partial charge in [-0.1, -0.05) is 45.4 Å². The van der Waals surface area contributed by atoms with Gasteiger partial charge in [-0.15, -0.1) is 0 Å². The van der Waals surface area contributed by atoms with Crippen molar-refractivity contribution in [3.63, 3.8) is 0 Å². The predicted octanol–water partition coefficient (Wildman–Crippen LogP) is 3.34. The molecule has 2 amide bonds. The van der Waals surface area contributed by atoms with Crippen LogP contribution in [-0.4, -0.2) is 19.3 Å². The van der Waals surface area contributed by atoms with Crippen LogP contribution in [0.5, 0.6) is 5.75 Å². The van der Waals surface area contributed by atoms with Crippen molar-refractivity contribution >= 4 is 6.03 Å². The quantitative estimate of drug-likeness (QED) is 0.812. The van der Waals surface area contributed by atoms with E-state index in [1.807, 2.05) is 19.1 Å². The maximum atomic E-state index is 11.4. The van der Waals surface area contributed by atoms with E-state index in [1.165, 1.54) is 5.56 Å². The zero-order valence-corrected chi connectivity index (χ0v) is 13.2. The number of rotatable bonds is 5. The summed E-state index contributed by atoms with van der Waals surface area (Å²) in [5.74, 6) is 0.818. The number of carbonyl (C=O) groups is 1. The van der Waals surface area contributed by atoms with Gasteiger partial charge in [0.05, 0.1) is 0 Å². The molecule has 0 heterocycles. The summed E-state index contributed by atoms with van der Waals surface area (Å²) in [5.41, 5.74) is 2.36. The number of hydrogen-bond acceptors (Lipinski definition) is 2. The summed E-state index contributed by atoms with van der Waals surface area (Å²) < 4.78 is 5.70. The minimum Gasteiger partial charge on any atom is -0.473 e. The molecule has 0 fully saturated rings. The van der Waals surface area contributed by atoms with Crippen LogP contribution in [0.4, 0.5) is 4.79 Å². The van der Waals surface area contributed by atoms with Gasteiger partial charge in [-0.2, -0.15) is 0 Å². The highest BCUT2D eigenvalue weighted by molar-refractivity contribution is 5.73. The molecule has 0 bridgehead atoms. The Bertz CT molecular complexity index is 450. The van der Waals surface area contributed by atoms with Crippen molar-refractivity contribution in [2.75, 3.05) is 13.3 Å². The van der Waals surface area contributed by atoms with Gasteiger partial charge in [-0.25, -0.2) is 4.79 Å². The van der Waals surface area contributed by atoms with E-state index in [9.17, 15) is 4.79 Å². The normalized spacial score (nSPS) is 11.1. The lowest BCUT2D eigenvalue weighted by atomic mass is 9.85. The summed E-state index contributed by atoms with van der Waals surface area (Å²) in [6.45, 7) is 11.4. The number of aryl methyl sites for hydroxylation is 1. The summed E-state index contributed by atoms with van der Waals surface area (Å²) >= 11 is 0. The SMILES string of the molecule is CCCNC(=O)NCOc1ccc(C)cc1C(C)(C)C. The van der Waals surface area contributed by atoms with Gasteiger partial charge in [0.1, 0.15) is 5.75 Å². The van der Waals surface area contributed by atoms with Crippen molar-refractivity contribution in [2.24, 2.45) is 0 Å². The van der Waals surface area contributed by atoms with Gasteiger partial charge in [0.25, 0.3) is 0 Å². The molecule has 0 aliphatic heterocycles. The second-order valence-electron chi connectivity index (χ2n) is 5.97. The second kappa shape index (κ2) is 7.17.